The quantitative estimate of drug-likeness (QED) is 0.273. The second-order valence-electron chi connectivity index (χ2n) is 5.41. The monoisotopic (exact) mass is 397 g/mol. The van der Waals surface area contributed by atoms with Gasteiger partial charge in [0.25, 0.3) is 5.69 Å². The molecule has 0 saturated heterocycles. The molecule has 27 heavy (non-hydrogen) atoms. The van der Waals surface area contributed by atoms with Gasteiger partial charge < -0.3 is 4.42 Å². The van der Waals surface area contributed by atoms with E-state index in [4.69, 9.17) is 16.6 Å². The van der Waals surface area contributed by atoms with E-state index in [1.54, 1.807) is 30.3 Å². The average molecular weight is 397 g/mol. The van der Waals surface area contributed by atoms with Gasteiger partial charge in [0.2, 0.25) is 0 Å². The highest BCUT2D eigenvalue weighted by Crippen LogP contribution is 2.30. The standard InChI is InChI=1S/C19H15N3O3S2/c23-22(24)17-9-5-4-8-16(17)18-11-10-15(25-18)12-20-21-19(26)27-13-14-6-2-1-3-7-14/h1-12H,13H2,(H,21,26)/b20-12+. The summed E-state index contributed by atoms with van der Waals surface area (Å²) in [6, 6.07) is 19.8. The molecule has 0 amide bonds. The minimum absolute atomic E-state index is 0.00745. The fraction of sp³-hybridized carbons (Fsp3) is 0.0526. The minimum Gasteiger partial charge on any atom is -0.455 e. The first-order chi connectivity index (χ1) is 13.1. The van der Waals surface area contributed by atoms with Gasteiger partial charge >= 0.3 is 0 Å². The first kappa shape index (κ1) is 18.8. The summed E-state index contributed by atoms with van der Waals surface area (Å²) in [4.78, 5) is 10.7. The van der Waals surface area contributed by atoms with E-state index in [0.717, 1.165) is 5.75 Å². The second-order valence-corrected chi connectivity index (χ2v) is 7.06. The number of hydrazone groups is 1. The Morgan fingerprint density at radius 2 is 1.89 bits per heavy atom. The molecule has 1 heterocycles. The van der Waals surface area contributed by atoms with Crippen molar-refractivity contribution >= 4 is 40.2 Å². The summed E-state index contributed by atoms with van der Waals surface area (Å²) in [6.07, 6.45) is 1.48. The predicted molar refractivity (Wildman–Crippen MR) is 112 cm³/mol. The van der Waals surface area contributed by atoms with Crippen molar-refractivity contribution in [2.75, 3.05) is 0 Å². The lowest BCUT2D eigenvalue weighted by Gasteiger charge is -2.02. The Hall–Kier alpha value is -2.97. The summed E-state index contributed by atoms with van der Waals surface area (Å²) in [7, 11) is 0. The number of furan rings is 1. The molecule has 0 aliphatic heterocycles. The van der Waals surface area contributed by atoms with E-state index in [1.807, 2.05) is 30.3 Å². The molecule has 0 unspecified atom stereocenters. The number of hydrogen-bond donors (Lipinski definition) is 1. The van der Waals surface area contributed by atoms with E-state index < -0.39 is 4.92 Å². The number of nitro groups is 1. The van der Waals surface area contributed by atoms with Crippen molar-refractivity contribution in [1.29, 1.82) is 0 Å². The number of para-hydroxylation sites is 1. The van der Waals surface area contributed by atoms with Gasteiger partial charge in [-0.15, -0.1) is 0 Å². The molecule has 3 aromatic rings. The number of nitro benzene ring substituents is 1. The van der Waals surface area contributed by atoms with Gasteiger partial charge in [-0.2, -0.15) is 5.10 Å². The van der Waals surface area contributed by atoms with Crippen molar-refractivity contribution in [2.24, 2.45) is 5.10 Å². The third-order valence-electron chi connectivity index (χ3n) is 3.55. The molecule has 0 bridgehead atoms. The van der Waals surface area contributed by atoms with Crippen LogP contribution in [-0.2, 0) is 5.75 Å². The Morgan fingerprint density at radius 3 is 2.67 bits per heavy atom. The molecular formula is C19H15N3O3S2. The summed E-state index contributed by atoms with van der Waals surface area (Å²) < 4.78 is 6.17. The maximum absolute atomic E-state index is 11.1. The van der Waals surface area contributed by atoms with Crippen molar-refractivity contribution in [3.63, 3.8) is 0 Å². The second kappa shape index (κ2) is 9.11. The molecule has 0 atom stereocenters. The lowest BCUT2D eigenvalue weighted by molar-refractivity contribution is -0.384. The molecule has 0 radical (unpaired) electrons. The average Bonchev–Trinajstić information content (AvgIpc) is 3.16. The van der Waals surface area contributed by atoms with E-state index in [0.29, 0.717) is 21.4 Å². The van der Waals surface area contributed by atoms with Crippen LogP contribution in [0.3, 0.4) is 0 Å². The van der Waals surface area contributed by atoms with Gasteiger partial charge in [0, 0.05) is 11.8 Å². The van der Waals surface area contributed by atoms with Crippen LogP contribution in [0, 0.1) is 10.1 Å². The van der Waals surface area contributed by atoms with Gasteiger partial charge in [-0.1, -0.05) is 66.4 Å². The van der Waals surface area contributed by atoms with E-state index in [2.05, 4.69) is 10.5 Å². The number of hydrogen-bond acceptors (Lipinski definition) is 6. The van der Waals surface area contributed by atoms with E-state index in [-0.39, 0.29) is 5.69 Å². The topological polar surface area (TPSA) is 80.7 Å². The Kier molecular flexibility index (Phi) is 6.35. The molecule has 0 aliphatic carbocycles. The lowest BCUT2D eigenvalue weighted by Crippen LogP contribution is -2.11. The third kappa shape index (κ3) is 5.25. The molecule has 1 aromatic heterocycles. The molecule has 136 valence electrons. The zero-order chi connectivity index (χ0) is 19.1. The molecule has 3 rings (SSSR count). The largest absolute Gasteiger partial charge is 0.455 e. The minimum atomic E-state index is -0.435. The number of rotatable bonds is 6. The van der Waals surface area contributed by atoms with Crippen molar-refractivity contribution in [3.05, 3.63) is 88.2 Å². The van der Waals surface area contributed by atoms with Gasteiger partial charge in [0.15, 0.2) is 4.32 Å². The van der Waals surface area contributed by atoms with Gasteiger partial charge in [0.05, 0.1) is 16.7 Å². The summed E-state index contributed by atoms with van der Waals surface area (Å²) in [6.45, 7) is 0. The van der Waals surface area contributed by atoms with Crippen molar-refractivity contribution < 1.29 is 9.34 Å². The Morgan fingerprint density at radius 1 is 1.15 bits per heavy atom. The van der Waals surface area contributed by atoms with Crippen LogP contribution >= 0.6 is 24.0 Å². The summed E-state index contributed by atoms with van der Waals surface area (Å²) in [5, 5.41) is 15.2. The molecule has 0 aliphatic rings. The third-order valence-corrected chi connectivity index (χ3v) is 4.83. The van der Waals surface area contributed by atoms with Crippen molar-refractivity contribution in [2.45, 2.75) is 5.75 Å². The fourth-order valence-electron chi connectivity index (χ4n) is 2.31. The highest BCUT2D eigenvalue weighted by Gasteiger charge is 2.16. The van der Waals surface area contributed by atoms with Gasteiger partial charge in [0.1, 0.15) is 11.5 Å². The zero-order valence-electron chi connectivity index (χ0n) is 14.1. The van der Waals surface area contributed by atoms with E-state index >= 15 is 0 Å². The van der Waals surface area contributed by atoms with Crippen LogP contribution in [-0.4, -0.2) is 15.5 Å². The maximum atomic E-state index is 11.1. The molecule has 0 fully saturated rings. The molecular weight excluding hydrogens is 382 g/mol. The van der Waals surface area contributed by atoms with Gasteiger partial charge in [-0.3, -0.25) is 15.5 Å². The van der Waals surface area contributed by atoms with Gasteiger partial charge in [-0.25, -0.2) is 0 Å². The van der Waals surface area contributed by atoms with Crippen LogP contribution in [0.1, 0.15) is 11.3 Å². The Bertz CT molecular complexity index is 971. The summed E-state index contributed by atoms with van der Waals surface area (Å²) in [5.41, 5.74) is 4.37. The molecule has 8 heteroatoms. The summed E-state index contributed by atoms with van der Waals surface area (Å²) in [5.74, 6) is 1.63. The SMILES string of the molecule is O=[N+]([O-])c1ccccc1-c1ccc(/C=N/NC(=S)SCc2ccccc2)o1. The molecule has 6 nitrogen and oxygen atoms in total. The molecule has 0 saturated carbocycles. The van der Waals surface area contributed by atoms with Crippen LogP contribution in [0.15, 0.2) is 76.2 Å². The van der Waals surface area contributed by atoms with Crippen LogP contribution in [0.2, 0.25) is 0 Å². The first-order valence-corrected chi connectivity index (χ1v) is 9.36. The molecule has 1 N–H and O–H groups in total. The number of nitrogens with zero attached hydrogens (tertiary/aromatic N) is 2. The zero-order valence-corrected chi connectivity index (χ0v) is 15.7. The van der Waals surface area contributed by atoms with Crippen LogP contribution < -0.4 is 5.43 Å². The number of thioether (sulfide) groups is 1. The number of benzene rings is 2. The van der Waals surface area contributed by atoms with E-state index in [1.165, 1.54) is 29.6 Å². The van der Waals surface area contributed by atoms with Gasteiger partial charge in [-0.05, 0) is 23.8 Å². The summed E-state index contributed by atoms with van der Waals surface area (Å²) >= 11 is 6.70. The normalized spacial score (nSPS) is 10.8. The first-order valence-electron chi connectivity index (χ1n) is 7.97. The number of thiocarbonyl (C=S) groups is 1. The van der Waals surface area contributed by atoms with Crippen LogP contribution in [0.5, 0.6) is 0 Å². The highest BCUT2D eigenvalue weighted by molar-refractivity contribution is 8.22. The Balaban J connectivity index is 1.58. The van der Waals surface area contributed by atoms with Crippen LogP contribution in [0.25, 0.3) is 11.3 Å². The molecule has 0 spiro atoms. The van der Waals surface area contributed by atoms with Crippen molar-refractivity contribution in [3.8, 4) is 11.3 Å². The lowest BCUT2D eigenvalue weighted by atomic mass is 10.1. The van der Waals surface area contributed by atoms with Crippen molar-refractivity contribution in [1.82, 2.24) is 5.43 Å². The van der Waals surface area contributed by atoms with Crippen LogP contribution in [0.4, 0.5) is 5.69 Å². The highest BCUT2D eigenvalue weighted by atomic mass is 32.2. The maximum Gasteiger partial charge on any atom is 0.280 e. The number of nitrogens with one attached hydrogen (secondary N) is 1. The smallest absolute Gasteiger partial charge is 0.280 e. The Labute approximate surface area is 165 Å². The molecule has 2 aromatic carbocycles. The predicted octanol–water partition coefficient (Wildman–Crippen LogP) is 5.00. The fourth-order valence-corrected chi connectivity index (χ4v) is 3.15. The van der Waals surface area contributed by atoms with E-state index in [9.17, 15) is 10.1 Å².